The Hall–Kier alpha value is -3.50. The number of amides is 3. The summed E-state index contributed by atoms with van der Waals surface area (Å²) in [5.41, 5.74) is 1.59. The molecule has 3 aromatic carbocycles. The molecule has 1 atom stereocenters. The van der Waals surface area contributed by atoms with Crippen LogP contribution in [0, 0.1) is 0 Å². The molecular formula is C26H24BrN3O5S. The van der Waals surface area contributed by atoms with Crippen LogP contribution in [0.15, 0.2) is 88.2 Å². The van der Waals surface area contributed by atoms with Gasteiger partial charge in [0.05, 0.1) is 5.56 Å². The van der Waals surface area contributed by atoms with Crippen LogP contribution in [0.1, 0.15) is 21.5 Å². The lowest BCUT2D eigenvalue weighted by atomic mass is 10.0. The molecule has 186 valence electrons. The van der Waals surface area contributed by atoms with E-state index in [4.69, 9.17) is 0 Å². The first-order valence-corrected chi connectivity index (χ1v) is 13.4. The van der Waals surface area contributed by atoms with Gasteiger partial charge in [0.15, 0.2) is 0 Å². The number of likely N-dealkylation sites (N-methyl/N-ethyl adjacent to an activating group) is 1. The van der Waals surface area contributed by atoms with Crippen molar-refractivity contribution in [3.63, 3.8) is 0 Å². The zero-order valence-electron chi connectivity index (χ0n) is 19.4. The van der Waals surface area contributed by atoms with E-state index in [0.717, 1.165) is 15.6 Å². The van der Waals surface area contributed by atoms with Crippen molar-refractivity contribution in [3.05, 3.63) is 100 Å². The topological polar surface area (TPSA) is 104 Å². The molecule has 36 heavy (non-hydrogen) atoms. The van der Waals surface area contributed by atoms with Crippen LogP contribution in [-0.4, -0.2) is 55.0 Å². The number of rotatable bonds is 8. The number of carbonyl (C=O) groups excluding carboxylic acids is 3. The van der Waals surface area contributed by atoms with Crippen LogP contribution in [0.4, 0.5) is 0 Å². The number of fused-ring (bicyclic) bond motifs is 1. The van der Waals surface area contributed by atoms with E-state index in [2.05, 4.69) is 21.2 Å². The van der Waals surface area contributed by atoms with E-state index in [0.29, 0.717) is 4.31 Å². The third-order valence-corrected chi connectivity index (χ3v) is 8.23. The lowest BCUT2D eigenvalue weighted by molar-refractivity contribution is -0.140. The number of nitrogens with zero attached hydrogens (tertiary/aromatic N) is 2. The highest BCUT2D eigenvalue weighted by atomic mass is 79.9. The third kappa shape index (κ3) is 5.19. The van der Waals surface area contributed by atoms with Gasteiger partial charge in [0.2, 0.25) is 11.8 Å². The molecule has 1 heterocycles. The van der Waals surface area contributed by atoms with Gasteiger partial charge in [-0.15, -0.1) is 0 Å². The number of benzene rings is 3. The van der Waals surface area contributed by atoms with Crippen LogP contribution in [0.5, 0.6) is 0 Å². The van der Waals surface area contributed by atoms with Crippen molar-refractivity contribution in [1.29, 1.82) is 0 Å². The second kappa shape index (κ2) is 10.6. The van der Waals surface area contributed by atoms with Gasteiger partial charge in [-0.3, -0.25) is 14.4 Å². The maximum absolute atomic E-state index is 13.7. The van der Waals surface area contributed by atoms with E-state index in [-0.39, 0.29) is 23.4 Å². The Morgan fingerprint density at radius 2 is 1.64 bits per heavy atom. The maximum Gasteiger partial charge on any atom is 0.269 e. The molecule has 0 unspecified atom stereocenters. The highest BCUT2D eigenvalue weighted by Crippen LogP contribution is 2.30. The number of carbonyl (C=O) groups is 3. The lowest BCUT2D eigenvalue weighted by Crippen LogP contribution is -2.52. The molecular weight excluding hydrogens is 546 g/mol. The SMILES string of the molecule is CNC(=O)[C@@H](Cc1ccccc1)N(Cc1cccc(Br)c1)C(=O)CN1C(=O)c2ccccc2S1(=O)=O. The summed E-state index contributed by atoms with van der Waals surface area (Å²) in [5.74, 6) is -1.83. The Balaban J connectivity index is 1.70. The molecule has 8 nitrogen and oxygen atoms in total. The summed E-state index contributed by atoms with van der Waals surface area (Å²) in [5, 5.41) is 2.61. The van der Waals surface area contributed by atoms with Gasteiger partial charge in [-0.2, -0.15) is 0 Å². The van der Waals surface area contributed by atoms with Crippen molar-refractivity contribution in [1.82, 2.24) is 14.5 Å². The molecule has 0 saturated heterocycles. The Morgan fingerprint density at radius 1 is 0.972 bits per heavy atom. The highest BCUT2D eigenvalue weighted by Gasteiger charge is 2.43. The summed E-state index contributed by atoms with van der Waals surface area (Å²) in [6.45, 7) is -0.676. The van der Waals surface area contributed by atoms with Crippen LogP contribution >= 0.6 is 15.9 Å². The molecule has 1 N–H and O–H groups in total. The number of nitrogens with one attached hydrogen (secondary N) is 1. The van der Waals surface area contributed by atoms with Gasteiger partial charge in [0.25, 0.3) is 15.9 Å². The Morgan fingerprint density at radius 3 is 2.31 bits per heavy atom. The number of hydrogen-bond donors (Lipinski definition) is 1. The van der Waals surface area contributed by atoms with Gasteiger partial charge < -0.3 is 10.2 Å². The summed E-state index contributed by atoms with van der Waals surface area (Å²) < 4.78 is 27.5. The van der Waals surface area contributed by atoms with Crippen LogP contribution in [0.2, 0.25) is 0 Å². The first-order chi connectivity index (χ1) is 17.2. The maximum atomic E-state index is 13.7. The van der Waals surface area contributed by atoms with E-state index in [9.17, 15) is 22.8 Å². The molecule has 1 aliphatic heterocycles. The molecule has 0 saturated carbocycles. The summed E-state index contributed by atoms with van der Waals surface area (Å²) in [4.78, 5) is 40.8. The molecule has 0 radical (unpaired) electrons. The molecule has 1 aliphatic rings. The molecule has 4 rings (SSSR count). The second-order valence-electron chi connectivity index (χ2n) is 8.28. The molecule has 10 heteroatoms. The summed E-state index contributed by atoms with van der Waals surface area (Å²) in [6.07, 6.45) is 0.210. The predicted molar refractivity (Wildman–Crippen MR) is 137 cm³/mol. The summed E-state index contributed by atoms with van der Waals surface area (Å²) in [6, 6.07) is 21.4. The predicted octanol–water partition coefficient (Wildman–Crippen LogP) is 2.98. The summed E-state index contributed by atoms with van der Waals surface area (Å²) in [7, 11) is -2.71. The molecule has 0 spiro atoms. The van der Waals surface area contributed by atoms with Crippen molar-refractivity contribution in [2.45, 2.75) is 23.9 Å². The summed E-state index contributed by atoms with van der Waals surface area (Å²) >= 11 is 3.42. The fourth-order valence-electron chi connectivity index (χ4n) is 4.15. The zero-order chi connectivity index (χ0) is 25.9. The van der Waals surface area contributed by atoms with Crippen LogP contribution in [0.25, 0.3) is 0 Å². The molecule has 0 bridgehead atoms. The minimum absolute atomic E-state index is 0.0241. The van der Waals surface area contributed by atoms with Crippen molar-refractivity contribution in [3.8, 4) is 0 Å². The third-order valence-electron chi connectivity index (χ3n) is 5.95. The average molecular weight is 570 g/mol. The van der Waals surface area contributed by atoms with E-state index in [1.807, 2.05) is 48.5 Å². The van der Waals surface area contributed by atoms with Crippen molar-refractivity contribution in [2.75, 3.05) is 13.6 Å². The van der Waals surface area contributed by atoms with Crippen molar-refractivity contribution >= 4 is 43.7 Å². The minimum atomic E-state index is -4.19. The Labute approximate surface area is 218 Å². The lowest BCUT2D eigenvalue weighted by Gasteiger charge is -2.32. The van der Waals surface area contributed by atoms with Gasteiger partial charge >= 0.3 is 0 Å². The molecule has 3 amide bonds. The smallest absolute Gasteiger partial charge is 0.269 e. The van der Waals surface area contributed by atoms with Gasteiger partial charge in [-0.25, -0.2) is 12.7 Å². The van der Waals surface area contributed by atoms with E-state index < -0.39 is 40.3 Å². The van der Waals surface area contributed by atoms with E-state index in [1.54, 1.807) is 12.1 Å². The van der Waals surface area contributed by atoms with E-state index in [1.165, 1.54) is 30.1 Å². The monoisotopic (exact) mass is 569 g/mol. The standard InChI is InChI=1S/C26H24BrN3O5S/c1-28-25(32)22(15-18-8-3-2-4-9-18)29(16-19-10-7-11-20(27)14-19)24(31)17-30-26(33)21-12-5-6-13-23(21)36(30,34)35/h2-14,22H,15-17H2,1H3,(H,28,32)/t22-/m1/s1. The highest BCUT2D eigenvalue weighted by molar-refractivity contribution is 9.10. The Bertz CT molecular complexity index is 1410. The quantitative estimate of drug-likeness (QED) is 0.449. The zero-order valence-corrected chi connectivity index (χ0v) is 21.8. The Kier molecular flexibility index (Phi) is 7.56. The molecule has 0 aromatic heterocycles. The normalized spacial score (nSPS) is 14.7. The minimum Gasteiger partial charge on any atom is -0.357 e. The van der Waals surface area contributed by atoms with E-state index >= 15 is 0 Å². The van der Waals surface area contributed by atoms with Crippen LogP contribution < -0.4 is 5.32 Å². The first kappa shape index (κ1) is 25.6. The number of hydrogen-bond acceptors (Lipinski definition) is 5. The molecule has 0 aliphatic carbocycles. The number of sulfonamides is 1. The largest absolute Gasteiger partial charge is 0.357 e. The fourth-order valence-corrected chi connectivity index (χ4v) is 6.12. The number of halogens is 1. The van der Waals surface area contributed by atoms with Gasteiger partial charge in [0, 0.05) is 24.5 Å². The van der Waals surface area contributed by atoms with Crippen LogP contribution in [0.3, 0.4) is 0 Å². The van der Waals surface area contributed by atoms with Gasteiger partial charge in [-0.05, 0) is 35.4 Å². The molecule has 3 aromatic rings. The van der Waals surface area contributed by atoms with Gasteiger partial charge in [0.1, 0.15) is 17.5 Å². The first-order valence-electron chi connectivity index (χ1n) is 11.2. The fraction of sp³-hybridized carbons (Fsp3) is 0.192. The average Bonchev–Trinajstić information content (AvgIpc) is 3.07. The van der Waals surface area contributed by atoms with Crippen molar-refractivity contribution in [2.24, 2.45) is 0 Å². The second-order valence-corrected chi connectivity index (χ2v) is 11.0. The van der Waals surface area contributed by atoms with Crippen molar-refractivity contribution < 1.29 is 22.8 Å². The molecule has 0 fully saturated rings. The van der Waals surface area contributed by atoms with Gasteiger partial charge in [-0.1, -0.05) is 70.5 Å². The van der Waals surface area contributed by atoms with Crippen LogP contribution in [-0.2, 0) is 32.6 Å².